The molecule has 0 unspecified atom stereocenters. The fourth-order valence-corrected chi connectivity index (χ4v) is 2.37. The van der Waals surface area contributed by atoms with Gasteiger partial charge in [0, 0.05) is 24.7 Å². The Balaban J connectivity index is 2.17. The summed E-state index contributed by atoms with van der Waals surface area (Å²) in [5, 5.41) is 18.3. The van der Waals surface area contributed by atoms with Crippen LogP contribution in [-0.2, 0) is 19.3 Å². The predicted molar refractivity (Wildman–Crippen MR) is 66.7 cm³/mol. The molecule has 0 amide bonds. The minimum Gasteiger partial charge on any atom is -0.241 e. The van der Waals surface area contributed by atoms with E-state index in [4.69, 9.17) is 10.5 Å². The van der Waals surface area contributed by atoms with Crippen molar-refractivity contribution < 1.29 is 13.2 Å². The highest BCUT2D eigenvalue weighted by Crippen LogP contribution is 2.32. The Morgan fingerprint density at radius 2 is 1.86 bits per heavy atom. The second-order valence-electron chi connectivity index (χ2n) is 5.21. The lowest BCUT2D eigenvalue weighted by atomic mass is 9.82. The lowest BCUT2D eigenvalue weighted by molar-refractivity contribution is -0.138. The van der Waals surface area contributed by atoms with E-state index in [0.717, 1.165) is 30.5 Å². The fraction of sp³-hybridized carbons (Fsp3) is 0.571. The first-order valence-electron chi connectivity index (χ1n) is 6.60. The van der Waals surface area contributed by atoms with Gasteiger partial charge in [0.25, 0.3) is 0 Å². The Morgan fingerprint density at radius 1 is 1.14 bits per heavy atom. The van der Waals surface area contributed by atoms with Crippen molar-refractivity contribution in [3.63, 3.8) is 0 Å². The summed E-state index contributed by atoms with van der Waals surface area (Å²) in [5.74, 6) is 0.265. The number of hydrogen-bond acceptors (Lipinski definition) is 4. The van der Waals surface area contributed by atoms with Gasteiger partial charge in [0.15, 0.2) is 5.41 Å². The molecule has 0 saturated heterocycles. The molecule has 0 saturated carbocycles. The summed E-state index contributed by atoms with van der Waals surface area (Å²) < 4.78 is 37.0. The Kier molecular flexibility index (Phi) is 4.13. The zero-order valence-corrected chi connectivity index (χ0v) is 11.2. The average molecular weight is 294 g/mol. The van der Waals surface area contributed by atoms with Crippen LogP contribution in [0.15, 0.2) is 6.20 Å². The molecule has 1 aromatic rings. The minimum absolute atomic E-state index is 0.177. The number of fused-ring (bicyclic) bond motifs is 1. The summed E-state index contributed by atoms with van der Waals surface area (Å²) in [6.45, 7) is 0. The number of hydrogen-bond donors (Lipinski definition) is 0. The molecule has 0 fully saturated rings. The van der Waals surface area contributed by atoms with E-state index >= 15 is 0 Å². The van der Waals surface area contributed by atoms with Crippen molar-refractivity contribution in [2.24, 2.45) is 5.41 Å². The number of rotatable bonds is 4. The van der Waals surface area contributed by atoms with E-state index in [1.165, 1.54) is 0 Å². The van der Waals surface area contributed by atoms with Crippen LogP contribution >= 0.6 is 0 Å². The molecule has 4 nitrogen and oxygen atoms in total. The third-order valence-electron chi connectivity index (χ3n) is 3.59. The molecule has 0 aromatic carbocycles. The lowest BCUT2D eigenvalue weighted by Crippen LogP contribution is -2.24. The molecule has 7 heteroatoms. The molecule has 0 aliphatic heterocycles. The highest BCUT2D eigenvalue weighted by atomic mass is 19.4. The van der Waals surface area contributed by atoms with Crippen molar-refractivity contribution in [3.05, 3.63) is 23.3 Å². The Bertz CT molecular complexity index is 596. The summed E-state index contributed by atoms with van der Waals surface area (Å²) in [4.78, 5) is 8.36. The van der Waals surface area contributed by atoms with Crippen LogP contribution in [0.3, 0.4) is 0 Å². The number of alkyl halides is 3. The van der Waals surface area contributed by atoms with Gasteiger partial charge in [0.05, 0.1) is 12.1 Å². The van der Waals surface area contributed by atoms with Gasteiger partial charge in [-0.3, -0.25) is 0 Å². The smallest absolute Gasteiger partial charge is 0.241 e. The molecule has 1 aliphatic carbocycles. The lowest BCUT2D eigenvalue weighted by Gasteiger charge is -2.18. The van der Waals surface area contributed by atoms with Crippen LogP contribution in [0.4, 0.5) is 13.2 Å². The van der Waals surface area contributed by atoms with Gasteiger partial charge in [-0.25, -0.2) is 9.97 Å². The van der Waals surface area contributed by atoms with Crippen molar-refractivity contribution in [1.82, 2.24) is 9.97 Å². The number of aromatic nitrogens is 2. The number of halogens is 3. The third kappa shape index (κ3) is 3.69. The maximum atomic E-state index is 12.3. The van der Waals surface area contributed by atoms with Crippen molar-refractivity contribution in [1.29, 1.82) is 10.5 Å². The highest BCUT2D eigenvalue weighted by molar-refractivity contribution is 5.24. The molecule has 21 heavy (non-hydrogen) atoms. The van der Waals surface area contributed by atoms with E-state index in [0.29, 0.717) is 0 Å². The van der Waals surface area contributed by atoms with Gasteiger partial charge >= 0.3 is 6.18 Å². The summed E-state index contributed by atoms with van der Waals surface area (Å²) in [6, 6.07) is 3.43. The average Bonchev–Trinajstić information content (AvgIpc) is 2.90. The largest absolute Gasteiger partial charge is 0.389 e. The zero-order chi connectivity index (χ0) is 15.5. The standard InChI is InChI=1S/C14H13F3N4/c15-14(16,17)5-4-13(8-18,9-19)6-12-20-7-10-2-1-3-11(10)21-12/h7H,1-6H2. The Hall–Kier alpha value is -2.15. The maximum Gasteiger partial charge on any atom is 0.389 e. The molecule has 1 aromatic heterocycles. The summed E-state index contributed by atoms with van der Waals surface area (Å²) in [5.41, 5.74) is 0.177. The van der Waals surface area contributed by atoms with E-state index in [1.807, 2.05) is 0 Å². The van der Waals surface area contributed by atoms with Crippen LogP contribution in [-0.4, -0.2) is 16.1 Å². The SMILES string of the molecule is N#CC(C#N)(CCC(F)(F)F)Cc1ncc2c(n1)CCC2. The van der Waals surface area contributed by atoms with Gasteiger partial charge in [0.1, 0.15) is 5.82 Å². The predicted octanol–water partition coefficient (Wildman–Crippen LogP) is 2.88. The summed E-state index contributed by atoms with van der Waals surface area (Å²) in [6.07, 6.45) is -1.98. The van der Waals surface area contributed by atoms with E-state index in [-0.39, 0.29) is 12.2 Å². The number of aryl methyl sites for hydroxylation is 2. The molecular formula is C14H13F3N4. The van der Waals surface area contributed by atoms with Crippen LogP contribution in [0.2, 0.25) is 0 Å². The minimum atomic E-state index is -4.39. The highest BCUT2D eigenvalue weighted by Gasteiger charge is 2.38. The van der Waals surface area contributed by atoms with E-state index in [2.05, 4.69) is 9.97 Å². The molecular weight excluding hydrogens is 281 g/mol. The third-order valence-corrected chi connectivity index (χ3v) is 3.59. The van der Waals surface area contributed by atoms with Gasteiger partial charge in [0.2, 0.25) is 0 Å². The topological polar surface area (TPSA) is 73.4 Å². The van der Waals surface area contributed by atoms with Gasteiger partial charge < -0.3 is 0 Å². The van der Waals surface area contributed by atoms with Crippen molar-refractivity contribution in [3.8, 4) is 12.1 Å². The fourth-order valence-electron chi connectivity index (χ4n) is 2.37. The van der Waals surface area contributed by atoms with E-state index in [9.17, 15) is 13.2 Å². The second-order valence-corrected chi connectivity index (χ2v) is 5.21. The summed E-state index contributed by atoms with van der Waals surface area (Å²) in [7, 11) is 0. The second kappa shape index (κ2) is 5.69. The quantitative estimate of drug-likeness (QED) is 0.855. The molecule has 1 heterocycles. The molecule has 110 valence electrons. The van der Waals surface area contributed by atoms with Crippen LogP contribution in [0.5, 0.6) is 0 Å². The normalized spacial score (nSPS) is 14.3. The van der Waals surface area contributed by atoms with Crippen LogP contribution in [0.25, 0.3) is 0 Å². The monoisotopic (exact) mass is 294 g/mol. The van der Waals surface area contributed by atoms with E-state index < -0.39 is 24.4 Å². The molecule has 2 rings (SSSR count). The van der Waals surface area contributed by atoms with Gasteiger partial charge in [-0.2, -0.15) is 23.7 Å². The number of nitriles is 2. The molecule has 0 radical (unpaired) electrons. The summed E-state index contributed by atoms with van der Waals surface area (Å²) >= 11 is 0. The van der Waals surface area contributed by atoms with Crippen molar-refractivity contribution in [2.45, 2.75) is 44.7 Å². The van der Waals surface area contributed by atoms with E-state index in [1.54, 1.807) is 18.3 Å². The van der Waals surface area contributed by atoms with Crippen molar-refractivity contribution >= 4 is 0 Å². The first kappa shape index (κ1) is 15.2. The Morgan fingerprint density at radius 3 is 2.48 bits per heavy atom. The molecule has 0 bridgehead atoms. The van der Waals surface area contributed by atoms with Crippen LogP contribution < -0.4 is 0 Å². The first-order valence-corrected chi connectivity index (χ1v) is 6.60. The van der Waals surface area contributed by atoms with Gasteiger partial charge in [-0.05, 0) is 31.2 Å². The van der Waals surface area contributed by atoms with Crippen LogP contribution in [0.1, 0.15) is 36.3 Å². The zero-order valence-electron chi connectivity index (χ0n) is 11.2. The van der Waals surface area contributed by atoms with Gasteiger partial charge in [-0.1, -0.05) is 0 Å². The molecule has 1 aliphatic rings. The Labute approximate surface area is 120 Å². The molecule has 0 spiro atoms. The maximum absolute atomic E-state index is 12.3. The molecule has 0 atom stereocenters. The first-order chi connectivity index (χ1) is 9.87. The number of nitrogens with zero attached hydrogens (tertiary/aromatic N) is 4. The van der Waals surface area contributed by atoms with Crippen LogP contribution in [0, 0.1) is 28.1 Å². The van der Waals surface area contributed by atoms with Crippen molar-refractivity contribution in [2.75, 3.05) is 0 Å². The van der Waals surface area contributed by atoms with Gasteiger partial charge in [-0.15, -0.1) is 0 Å². The molecule has 0 N–H and O–H groups in total.